The van der Waals surface area contributed by atoms with Crippen molar-refractivity contribution >= 4 is 7.94 Å². The maximum Gasteiger partial charge on any atom is 0.369 e. The Bertz CT molecular complexity index is 188. The maximum atomic E-state index is 6.32. The van der Waals surface area contributed by atoms with Gasteiger partial charge in [-0.1, -0.05) is 20.3 Å². The fraction of sp³-hybridized carbons (Fsp3) is 1.00. The molecule has 0 bridgehead atoms. The molecule has 0 radical (unpaired) electrons. The zero-order chi connectivity index (χ0) is 13.6. The number of rotatable bonds is 8. The third-order valence-corrected chi connectivity index (χ3v) is 6.50. The largest absolute Gasteiger partial charge is 0.369 e. The second kappa shape index (κ2) is 7.65. The Labute approximate surface area is 108 Å². The summed E-state index contributed by atoms with van der Waals surface area (Å²) in [5, 5.41) is 0. The van der Waals surface area contributed by atoms with E-state index in [1.807, 2.05) is 0 Å². The van der Waals surface area contributed by atoms with Crippen molar-refractivity contribution in [3.05, 3.63) is 0 Å². The van der Waals surface area contributed by atoms with E-state index in [0.717, 1.165) is 6.61 Å². The van der Waals surface area contributed by atoms with Crippen LogP contribution in [0.3, 0.4) is 0 Å². The van der Waals surface area contributed by atoms with Crippen molar-refractivity contribution in [1.82, 2.24) is 14.0 Å². The van der Waals surface area contributed by atoms with Gasteiger partial charge in [0, 0.05) is 42.3 Å². The van der Waals surface area contributed by atoms with Crippen LogP contribution in [0.25, 0.3) is 0 Å². The van der Waals surface area contributed by atoms with Crippen LogP contribution in [-0.4, -0.2) is 62.9 Å². The summed E-state index contributed by atoms with van der Waals surface area (Å²) in [5.74, 6) is 0.624. The van der Waals surface area contributed by atoms with E-state index in [1.54, 1.807) is 0 Å². The van der Waals surface area contributed by atoms with Crippen LogP contribution in [0.4, 0.5) is 0 Å². The molecule has 0 aliphatic carbocycles. The highest BCUT2D eigenvalue weighted by molar-refractivity contribution is 7.64. The monoisotopic (exact) mass is 264 g/mol. The van der Waals surface area contributed by atoms with Gasteiger partial charge in [0.25, 0.3) is 0 Å². The van der Waals surface area contributed by atoms with Gasteiger partial charge in [0.15, 0.2) is 0 Å². The zero-order valence-electron chi connectivity index (χ0n) is 12.9. The molecule has 1 unspecified atom stereocenters. The van der Waals surface area contributed by atoms with E-state index < -0.39 is 7.94 Å². The molecule has 17 heavy (non-hydrogen) atoms. The fourth-order valence-corrected chi connectivity index (χ4v) is 5.52. The van der Waals surface area contributed by atoms with Gasteiger partial charge in [-0.05, 0) is 12.3 Å². The highest BCUT2D eigenvalue weighted by Gasteiger charge is 2.50. The van der Waals surface area contributed by atoms with Gasteiger partial charge in [-0.15, -0.1) is 14.0 Å². The molecule has 0 aromatic heterocycles. The molecular formula is C12H31N3OP+. The van der Waals surface area contributed by atoms with Crippen LogP contribution >= 0.6 is 7.94 Å². The van der Waals surface area contributed by atoms with E-state index in [0.29, 0.717) is 5.92 Å². The molecule has 4 nitrogen and oxygen atoms in total. The van der Waals surface area contributed by atoms with Crippen LogP contribution in [0, 0.1) is 5.92 Å². The smallest absolute Gasteiger partial charge is 0.181 e. The lowest BCUT2D eigenvalue weighted by Crippen LogP contribution is -2.38. The van der Waals surface area contributed by atoms with Crippen molar-refractivity contribution in [3.8, 4) is 0 Å². The molecule has 0 fully saturated rings. The molecule has 0 N–H and O–H groups in total. The quantitative estimate of drug-likeness (QED) is 0.627. The van der Waals surface area contributed by atoms with Crippen LogP contribution in [0.5, 0.6) is 0 Å². The fourth-order valence-electron chi connectivity index (χ4n) is 2.22. The van der Waals surface area contributed by atoms with Gasteiger partial charge in [0.1, 0.15) is 0 Å². The first-order valence-corrected chi connectivity index (χ1v) is 7.92. The van der Waals surface area contributed by atoms with Crippen LogP contribution in [-0.2, 0) is 4.52 Å². The molecule has 0 aromatic carbocycles. The molecule has 0 amide bonds. The summed E-state index contributed by atoms with van der Waals surface area (Å²) in [6, 6.07) is 0. The third-order valence-electron chi connectivity index (χ3n) is 2.88. The zero-order valence-corrected chi connectivity index (χ0v) is 13.8. The van der Waals surface area contributed by atoms with Crippen molar-refractivity contribution in [1.29, 1.82) is 0 Å². The Hall–Kier alpha value is 0.270. The molecular weight excluding hydrogens is 233 g/mol. The summed E-state index contributed by atoms with van der Waals surface area (Å²) in [5.41, 5.74) is 0. The highest BCUT2D eigenvalue weighted by atomic mass is 31.2. The first-order chi connectivity index (χ1) is 7.78. The molecule has 0 saturated carbocycles. The van der Waals surface area contributed by atoms with Gasteiger partial charge >= 0.3 is 7.94 Å². The molecule has 0 spiro atoms. The van der Waals surface area contributed by atoms with E-state index in [-0.39, 0.29) is 0 Å². The first kappa shape index (κ1) is 17.3. The minimum atomic E-state index is -1.79. The Morgan fingerprint density at radius 2 is 1.35 bits per heavy atom. The van der Waals surface area contributed by atoms with Gasteiger partial charge in [-0.2, -0.15) is 4.52 Å². The van der Waals surface area contributed by atoms with Crippen LogP contribution in [0.2, 0.25) is 0 Å². The lowest BCUT2D eigenvalue weighted by atomic mass is 10.1. The molecule has 0 aliphatic rings. The summed E-state index contributed by atoms with van der Waals surface area (Å²) in [6.45, 7) is 5.32. The molecule has 1 atom stereocenters. The molecule has 104 valence electrons. The number of hydrogen-bond acceptors (Lipinski definition) is 4. The molecule has 0 heterocycles. The molecule has 0 rings (SSSR count). The lowest BCUT2D eigenvalue weighted by molar-refractivity contribution is 0.201. The Kier molecular flexibility index (Phi) is 7.77. The second-order valence-corrected chi connectivity index (χ2v) is 8.93. The highest BCUT2D eigenvalue weighted by Crippen LogP contribution is 2.64. The summed E-state index contributed by atoms with van der Waals surface area (Å²) >= 11 is 0. The topological polar surface area (TPSA) is 19.0 Å². The van der Waals surface area contributed by atoms with Crippen molar-refractivity contribution < 1.29 is 4.52 Å². The van der Waals surface area contributed by atoms with Crippen LogP contribution in [0.1, 0.15) is 26.7 Å². The van der Waals surface area contributed by atoms with E-state index in [2.05, 4.69) is 70.1 Å². The predicted octanol–water partition coefficient (Wildman–Crippen LogP) is 2.80. The van der Waals surface area contributed by atoms with Gasteiger partial charge in [-0.25, -0.2) is 0 Å². The van der Waals surface area contributed by atoms with Crippen molar-refractivity contribution in [2.75, 3.05) is 48.9 Å². The summed E-state index contributed by atoms with van der Waals surface area (Å²) in [4.78, 5) is 0. The standard InChI is InChI=1S/C12H31N3OP/c1-9-10-12(2)11-16-17(13(3)4,14(5)6)15(7)8/h12H,9-11H2,1-8H3/q+1. The van der Waals surface area contributed by atoms with Gasteiger partial charge in [-0.3, -0.25) is 0 Å². The summed E-state index contributed by atoms with van der Waals surface area (Å²) in [7, 11) is 10.8. The SMILES string of the molecule is CCCC(C)CO[P+](N(C)C)(N(C)C)N(C)C. The average Bonchev–Trinajstić information content (AvgIpc) is 2.17. The third kappa shape index (κ3) is 4.46. The number of nitrogens with zero attached hydrogens (tertiary/aromatic N) is 3. The second-order valence-electron chi connectivity index (χ2n) is 5.24. The maximum absolute atomic E-state index is 6.32. The summed E-state index contributed by atoms with van der Waals surface area (Å²) in [6.07, 6.45) is 2.45. The molecule has 0 aliphatic heterocycles. The van der Waals surface area contributed by atoms with Gasteiger partial charge < -0.3 is 0 Å². The average molecular weight is 264 g/mol. The Morgan fingerprint density at radius 3 is 1.65 bits per heavy atom. The predicted molar refractivity (Wildman–Crippen MR) is 78.0 cm³/mol. The lowest BCUT2D eigenvalue weighted by Gasteiger charge is -2.37. The minimum absolute atomic E-state index is 0.624. The van der Waals surface area contributed by atoms with E-state index in [4.69, 9.17) is 4.52 Å². The van der Waals surface area contributed by atoms with Crippen molar-refractivity contribution in [3.63, 3.8) is 0 Å². The molecule has 0 aromatic rings. The molecule has 0 saturated heterocycles. The number of hydrogen-bond donors (Lipinski definition) is 0. The van der Waals surface area contributed by atoms with E-state index >= 15 is 0 Å². The normalized spacial score (nSPS) is 15.0. The van der Waals surface area contributed by atoms with E-state index in [1.165, 1.54) is 12.8 Å². The van der Waals surface area contributed by atoms with Crippen molar-refractivity contribution in [2.45, 2.75) is 26.7 Å². The summed E-state index contributed by atoms with van der Waals surface area (Å²) < 4.78 is 13.0. The Balaban J connectivity index is 4.70. The van der Waals surface area contributed by atoms with Crippen LogP contribution in [0.15, 0.2) is 0 Å². The first-order valence-electron chi connectivity index (χ1n) is 6.36. The Morgan fingerprint density at radius 1 is 0.941 bits per heavy atom. The van der Waals surface area contributed by atoms with Gasteiger partial charge in [0.05, 0.1) is 6.61 Å². The van der Waals surface area contributed by atoms with Crippen molar-refractivity contribution in [2.24, 2.45) is 5.92 Å². The minimum Gasteiger partial charge on any atom is -0.181 e. The molecule has 5 heteroatoms. The van der Waals surface area contributed by atoms with Gasteiger partial charge in [0.2, 0.25) is 0 Å². The van der Waals surface area contributed by atoms with E-state index in [9.17, 15) is 0 Å². The van der Waals surface area contributed by atoms with Crippen LogP contribution < -0.4 is 0 Å².